The molecule has 0 spiro atoms. The molecule has 1 atom stereocenters. The lowest BCUT2D eigenvalue weighted by Gasteiger charge is -2.15. The van der Waals surface area contributed by atoms with Gasteiger partial charge in [-0.05, 0) is 55.8 Å². The van der Waals surface area contributed by atoms with Gasteiger partial charge in [-0.1, -0.05) is 42.5 Å². The van der Waals surface area contributed by atoms with E-state index in [-0.39, 0.29) is 22.2 Å². The molecule has 0 aliphatic carbocycles. The van der Waals surface area contributed by atoms with Gasteiger partial charge in [-0.3, -0.25) is 9.52 Å². The molecule has 0 fully saturated rings. The van der Waals surface area contributed by atoms with Gasteiger partial charge in [-0.15, -0.1) is 0 Å². The van der Waals surface area contributed by atoms with E-state index in [4.69, 9.17) is 9.47 Å². The monoisotopic (exact) mass is 482 g/mol. The predicted octanol–water partition coefficient (Wildman–Crippen LogP) is 3.92. The number of rotatable bonds is 10. The number of esters is 1. The Labute approximate surface area is 199 Å². The maximum Gasteiger partial charge on any atom is 0.340 e. The van der Waals surface area contributed by atoms with Crippen molar-refractivity contribution in [2.75, 3.05) is 17.9 Å². The van der Waals surface area contributed by atoms with Gasteiger partial charge in [0.2, 0.25) is 0 Å². The number of amides is 1. The maximum atomic E-state index is 12.8. The minimum Gasteiger partial charge on any atom is -0.494 e. The first-order valence-electron chi connectivity index (χ1n) is 10.7. The van der Waals surface area contributed by atoms with E-state index in [2.05, 4.69) is 10.0 Å². The minimum absolute atomic E-state index is 0.00778. The van der Waals surface area contributed by atoms with Crippen molar-refractivity contribution in [1.82, 2.24) is 5.32 Å². The molecule has 0 saturated heterocycles. The van der Waals surface area contributed by atoms with Crippen LogP contribution in [0.25, 0.3) is 0 Å². The van der Waals surface area contributed by atoms with Crippen LogP contribution in [0, 0.1) is 0 Å². The molecule has 1 amide bonds. The Kier molecular flexibility index (Phi) is 8.26. The van der Waals surface area contributed by atoms with Crippen LogP contribution in [0.5, 0.6) is 5.75 Å². The van der Waals surface area contributed by atoms with Crippen LogP contribution in [-0.4, -0.2) is 33.5 Å². The second-order valence-corrected chi connectivity index (χ2v) is 9.01. The fraction of sp³-hybridized carbons (Fsp3) is 0.200. The number of carbonyl (C=O) groups is 2. The molecule has 0 aliphatic rings. The molecule has 0 bridgehead atoms. The zero-order chi connectivity index (χ0) is 24.6. The summed E-state index contributed by atoms with van der Waals surface area (Å²) < 4.78 is 38.5. The Bertz CT molecular complexity index is 1230. The van der Waals surface area contributed by atoms with Crippen LogP contribution >= 0.6 is 0 Å². The third kappa shape index (κ3) is 6.58. The van der Waals surface area contributed by atoms with E-state index in [1.165, 1.54) is 24.3 Å². The number of hydrogen-bond donors (Lipinski definition) is 2. The largest absolute Gasteiger partial charge is 0.494 e. The van der Waals surface area contributed by atoms with Gasteiger partial charge in [-0.25, -0.2) is 13.2 Å². The average Bonchev–Trinajstić information content (AvgIpc) is 2.84. The molecule has 0 saturated carbocycles. The third-order valence-corrected chi connectivity index (χ3v) is 6.23. The highest BCUT2D eigenvalue weighted by molar-refractivity contribution is 7.92. The van der Waals surface area contributed by atoms with Gasteiger partial charge in [0.05, 0.1) is 28.8 Å². The van der Waals surface area contributed by atoms with Crippen molar-refractivity contribution in [3.05, 3.63) is 90.0 Å². The smallest absolute Gasteiger partial charge is 0.340 e. The molecular formula is C25H26N2O6S. The summed E-state index contributed by atoms with van der Waals surface area (Å²) in [6.45, 7) is 3.61. The Morgan fingerprint density at radius 1 is 0.912 bits per heavy atom. The van der Waals surface area contributed by atoms with Crippen molar-refractivity contribution in [3.8, 4) is 5.75 Å². The molecule has 0 heterocycles. The molecule has 34 heavy (non-hydrogen) atoms. The first-order valence-corrected chi connectivity index (χ1v) is 12.1. The van der Waals surface area contributed by atoms with Gasteiger partial charge in [0.15, 0.2) is 6.61 Å². The van der Waals surface area contributed by atoms with E-state index < -0.39 is 28.5 Å². The molecule has 0 aliphatic heterocycles. The van der Waals surface area contributed by atoms with E-state index in [1.807, 2.05) is 44.2 Å². The van der Waals surface area contributed by atoms with E-state index >= 15 is 0 Å². The summed E-state index contributed by atoms with van der Waals surface area (Å²) in [5.74, 6) is -0.755. The highest BCUT2D eigenvalue weighted by Gasteiger charge is 2.20. The quantitative estimate of drug-likeness (QED) is 0.424. The van der Waals surface area contributed by atoms with Crippen LogP contribution in [0.2, 0.25) is 0 Å². The Hall–Kier alpha value is -3.85. The molecule has 3 aromatic carbocycles. The van der Waals surface area contributed by atoms with Gasteiger partial charge in [0.1, 0.15) is 5.75 Å². The highest BCUT2D eigenvalue weighted by Crippen LogP contribution is 2.22. The van der Waals surface area contributed by atoms with E-state index in [9.17, 15) is 18.0 Å². The number of sulfonamides is 1. The van der Waals surface area contributed by atoms with Gasteiger partial charge >= 0.3 is 5.97 Å². The molecule has 0 radical (unpaired) electrons. The number of hydrogen-bond acceptors (Lipinski definition) is 6. The summed E-state index contributed by atoms with van der Waals surface area (Å²) >= 11 is 0. The van der Waals surface area contributed by atoms with E-state index in [0.29, 0.717) is 12.4 Å². The second kappa shape index (κ2) is 11.3. The molecule has 3 aromatic rings. The molecule has 2 N–H and O–H groups in total. The van der Waals surface area contributed by atoms with Crippen LogP contribution in [-0.2, 0) is 19.6 Å². The van der Waals surface area contributed by atoms with Crippen LogP contribution in [0.3, 0.4) is 0 Å². The molecule has 9 heteroatoms. The second-order valence-electron chi connectivity index (χ2n) is 7.33. The zero-order valence-corrected chi connectivity index (χ0v) is 19.7. The Morgan fingerprint density at radius 2 is 1.56 bits per heavy atom. The van der Waals surface area contributed by atoms with Crippen LogP contribution in [0.1, 0.15) is 35.8 Å². The van der Waals surface area contributed by atoms with Crippen LogP contribution in [0.4, 0.5) is 5.69 Å². The van der Waals surface area contributed by atoms with Gasteiger partial charge in [-0.2, -0.15) is 0 Å². The molecular weight excluding hydrogens is 456 g/mol. The number of benzene rings is 3. The van der Waals surface area contributed by atoms with Crippen molar-refractivity contribution in [2.45, 2.75) is 24.8 Å². The van der Waals surface area contributed by atoms with Crippen molar-refractivity contribution in [3.63, 3.8) is 0 Å². The maximum absolute atomic E-state index is 12.8. The predicted molar refractivity (Wildman–Crippen MR) is 128 cm³/mol. The summed E-state index contributed by atoms with van der Waals surface area (Å²) in [4.78, 5) is 24.8. The summed E-state index contributed by atoms with van der Waals surface area (Å²) in [6, 6.07) is 21.0. The van der Waals surface area contributed by atoms with Crippen molar-refractivity contribution in [2.24, 2.45) is 0 Å². The number of para-hydroxylation sites is 1. The molecule has 3 rings (SSSR count). The van der Waals surface area contributed by atoms with Gasteiger partial charge < -0.3 is 14.8 Å². The molecule has 178 valence electrons. The first-order chi connectivity index (χ1) is 16.3. The number of ether oxygens (including phenoxy) is 2. The summed E-state index contributed by atoms with van der Waals surface area (Å²) in [7, 11) is -3.97. The number of nitrogens with one attached hydrogen (secondary N) is 2. The SMILES string of the molecule is CCOc1ccc(S(=O)(=O)Nc2ccccc2C(=O)OCC(=O)NC(C)c2ccccc2)cc1. The standard InChI is InChI=1S/C25H26N2O6S/c1-3-32-20-13-15-21(16-14-20)34(30,31)27-23-12-8-7-11-22(23)25(29)33-17-24(28)26-18(2)19-9-5-4-6-10-19/h4-16,18,27H,3,17H2,1-2H3,(H,26,28). The fourth-order valence-electron chi connectivity index (χ4n) is 3.15. The summed E-state index contributed by atoms with van der Waals surface area (Å²) in [5, 5.41) is 2.75. The minimum atomic E-state index is -3.97. The third-order valence-electron chi connectivity index (χ3n) is 4.85. The van der Waals surface area contributed by atoms with Crippen molar-refractivity contribution in [1.29, 1.82) is 0 Å². The van der Waals surface area contributed by atoms with Crippen molar-refractivity contribution >= 4 is 27.6 Å². The molecule has 8 nitrogen and oxygen atoms in total. The summed E-state index contributed by atoms with van der Waals surface area (Å²) in [5.41, 5.74) is 0.941. The lowest BCUT2D eigenvalue weighted by atomic mass is 10.1. The Morgan fingerprint density at radius 3 is 2.24 bits per heavy atom. The van der Waals surface area contributed by atoms with Crippen LogP contribution in [0.15, 0.2) is 83.8 Å². The van der Waals surface area contributed by atoms with Gasteiger partial charge in [0, 0.05) is 0 Å². The van der Waals surface area contributed by atoms with E-state index in [0.717, 1.165) is 5.56 Å². The van der Waals surface area contributed by atoms with Gasteiger partial charge in [0.25, 0.3) is 15.9 Å². The Balaban J connectivity index is 1.64. The van der Waals surface area contributed by atoms with E-state index in [1.54, 1.807) is 24.3 Å². The van der Waals surface area contributed by atoms with Crippen molar-refractivity contribution < 1.29 is 27.5 Å². The summed E-state index contributed by atoms with van der Waals surface area (Å²) in [6.07, 6.45) is 0. The topological polar surface area (TPSA) is 111 Å². The molecule has 1 unspecified atom stereocenters. The lowest BCUT2D eigenvalue weighted by molar-refractivity contribution is -0.124. The zero-order valence-electron chi connectivity index (χ0n) is 18.9. The number of anilines is 1. The number of carbonyl (C=O) groups excluding carboxylic acids is 2. The highest BCUT2D eigenvalue weighted by atomic mass is 32.2. The normalized spacial score (nSPS) is 11.8. The molecule has 0 aromatic heterocycles. The first kappa shape index (κ1) is 24.8. The lowest BCUT2D eigenvalue weighted by Crippen LogP contribution is -2.31. The average molecular weight is 483 g/mol. The van der Waals surface area contributed by atoms with Crippen LogP contribution < -0.4 is 14.8 Å². The fourth-order valence-corrected chi connectivity index (χ4v) is 4.23.